The average Bonchev–Trinajstić information content (AvgIpc) is 2.94. The Hall–Kier alpha value is -0.160. The van der Waals surface area contributed by atoms with Crippen molar-refractivity contribution in [3.8, 4) is 0 Å². The van der Waals surface area contributed by atoms with E-state index in [0.717, 1.165) is 19.3 Å². The molecule has 0 aliphatic heterocycles. The predicted octanol–water partition coefficient (Wildman–Crippen LogP) is 9.89. The number of aliphatic hydroxyl groups is 2. The highest BCUT2D eigenvalue weighted by molar-refractivity contribution is 4.83. The number of nitrogens with zero attached hydrogens (tertiary/aromatic N) is 1. The van der Waals surface area contributed by atoms with E-state index in [-0.39, 0.29) is 13.2 Å². The van der Waals surface area contributed by atoms with E-state index in [1.807, 2.05) is 0 Å². The van der Waals surface area contributed by atoms with Crippen LogP contribution in [-0.2, 0) is 0 Å². The van der Waals surface area contributed by atoms with Gasteiger partial charge < -0.3 is 15.9 Å². The van der Waals surface area contributed by atoms with Crippen LogP contribution in [0.5, 0.6) is 0 Å². The van der Waals surface area contributed by atoms with Gasteiger partial charge in [-0.05, 0) is 12.8 Å². The average molecular weight is 555 g/mol. The van der Waals surface area contributed by atoms with Crippen LogP contribution < -0.4 is 5.73 Å². The van der Waals surface area contributed by atoms with E-state index in [1.54, 1.807) is 0 Å². The molecule has 1 unspecified atom stereocenters. The first-order valence-electron chi connectivity index (χ1n) is 17.9. The highest BCUT2D eigenvalue weighted by atomic mass is 16.3. The van der Waals surface area contributed by atoms with Crippen molar-refractivity contribution in [2.75, 3.05) is 26.3 Å². The lowest BCUT2D eigenvalue weighted by Crippen LogP contribution is -2.57. The van der Waals surface area contributed by atoms with E-state index in [9.17, 15) is 10.2 Å². The summed E-state index contributed by atoms with van der Waals surface area (Å²) in [5.41, 5.74) is 6.23. The molecule has 0 saturated heterocycles. The molecule has 0 rings (SSSR count). The monoisotopic (exact) mass is 555 g/mol. The summed E-state index contributed by atoms with van der Waals surface area (Å²) in [5, 5.41) is 18.6. The topological polar surface area (TPSA) is 69.7 Å². The fourth-order valence-electron chi connectivity index (χ4n) is 6.10. The van der Waals surface area contributed by atoms with Gasteiger partial charge in [0.25, 0.3) is 0 Å². The Kier molecular flexibility index (Phi) is 30.7. The second kappa shape index (κ2) is 30.8. The normalized spacial score (nSPS) is 13.4. The Labute approximate surface area is 246 Å². The van der Waals surface area contributed by atoms with Crippen molar-refractivity contribution < 1.29 is 10.2 Å². The molecule has 0 aliphatic rings. The number of nitrogens with two attached hydrogens (primary N) is 1. The number of aliphatic hydroxyl groups excluding tert-OH is 2. The van der Waals surface area contributed by atoms with E-state index < -0.39 is 5.66 Å². The molecule has 4 nitrogen and oxygen atoms in total. The molecule has 39 heavy (non-hydrogen) atoms. The first-order chi connectivity index (χ1) is 19.1. The van der Waals surface area contributed by atoms with Crippen molar-refractivity contribution >= 4 is 0 Å². The van der Waals surface area contributed by atoms with Gasteiger partial charge in [0.15, 0.2) is 0 Å². The molecule has 4 N–H and O–H groups in total. The third-order valence-electron chi connectivity index (χ3n) is 8.95. The summed E-state index contributed by atoms with van der Waals surface area (Å²) in [6.45, 7) is 5.70. The van der Waals surface area contributed by atoms with Crippen LogP contribution in [0.25, 0.3) is 0 Å². The number of hydrogen-bond donors (Lipinski definition) is 3. The zero-order valence-electron chi connectivity index (χ0n) is 27.0. The minimum Gasteiger partial charge on any atom is -0.395 e. The molecular weight excluding hydrogens is 480 g/mol. The van der Waals surface area contributed by atoms with Gasteiger partial charge in [-0.2, -0.15) is 0 Å². The number of hydrogen-bond acceptors (Lipinski definition) is 4. The van der Waals surface area contributed by atoms with Gasteiger partial charge in [-0.3, -0.25) is 4.90 Å². The van der Waals surface area contributed by atoms with Gasteiger partial charge in [0.05, 0.1) is 18.9 Å². The quantitative estimate of drug-likeness (QED) is 0.0557. The van der Waals surface area contributed by atoms with Gasteiger partial charge in [0.2, 0.25) is 0 Å². The number of unbranched alkanes of at least 4 members (excludes halogenated alkanes) is 25. The Morgan fingerprint density at radius 3 is 0.923 bits per heavy atom. The van der Waals surface area contributed by atoms with E-state index in [0.29, 0.717) is 13.1 Å². The van der Waals surface area contributed by atoms with E-state index in [4.69, 9.17) is 5.73 Å². The van der Waals surface area contributed by atoms with Crippen molar-refractivity contribution in [1.29, 1.82) is 0 Å². The fraction of sp³-hybridized carbons (Fsp3) is 1.00. The lowest BCUT2D eigenvalue weighted by atomic mass is 9.96. The molecule has 0 aromatic rings. The van der Waals surface area contributed by atoms with Gasteiger partial charge in [-0.1, -0.05) is 181 Å². The molecule has 0 amide bonds. The Morgan fingerprint density at radius 1 is 0.436 bits per heavy atom. The minimum absolute atomic E-state index is 0.0957. The summed E-state index contributed by atoms with van der Waals surface area (Å²) in [5.74, 6) is 0. The predicted molar refractivity (Wildman–Crippen MR) is 173 cm³/mol. The van der Waals surface area contributed by atoms with Gasteiger partial charge >= 0.3 is 0 Å². The second-order valence-corrected chi connectivity index (χ2v) is 12.5. The van der Waals surface area contributed by atoms with Gasteiger partial charge in [-0.15, -0.1) is 0 Å². The van der Waals surface area contributed by atoms with Gasteiger partial charge in [-0.25, -0.2) is 0 Å². The zero-order valence-corrected chi connectivity index (χ0v) is 27.0. The molecule has 236 valence electrons. The molecule has 0 bridgehead atoms. The van der Waals surface area contributed by atoms with Crippen LogP contribution >= 0.6 is 0 Å². The number of rotatable bonds is 33. The fourth-order valence-corrected chi connectivity index (χ4v) is 6.10. The van der Waals surface area contributed by atoms with E-state index >= 15 is 0 Å². The standard InChI is InChI=1S/C35H74N2O2/c1-3-5-6-7-8-9-10-11-12-13-14-15-16-17-18-19-20-21-22-23-24-25-26-27-28-29-30-35(36,4-2)37(31-33-38)32-34-39/h38-39H,3-34,36H2,1-2H3. The maximum absolute atomic E-state index is 9.31. The molecule has 0 aromatic heterocycles. The molecular formula is C35H74N2O2. The lowest BCUT2D eigenvalue weighted by Gasteiger charge is -2.40. The maximum Gasteiger partial charge on any atom is 0.0686 e. The van der Waals surface area contributed by atoms with Crippen LogP contribution in [0.2, 0.25) is 0 Å². The van der Waals surface area contributed by atoms with Crippen LogP contribution in [0, 0.1) is 0 Å². The summed E-state index contributed by atoms with van der Waals surface area (Å²) in [7, 11) is 0. The molecule has 1 atom stereocenters. The summed E-state index contributed by atoms with van der Waals surface area (Å²) < 4.78 is 0. The lowest BCUT2D eigenvalue weighted by molar-refractivity contribution is 0.0419. The van der Waals surface area contributed by atoms with Gasteiger partial charge in [0.1, 0.15) is 0 Å². The SMILES string of the molecule is CCCCCCCCCCCCCCCCCCCCCCCCCCCCC(N)(CC)N(CCO)CCO. The highest BCUT2D eigenvalue weighted by Crippen LogP contribution is 2.22. The summed E-state index contributed by atoms with van der Waals surface area (Å²) >= 11 is 0. The summed E-state index contributed by atoms with van der Waals surface area (Å²) in [6, 6.07) is 0. The van der Waals surface area contributed by atoms with Crippen LogP contribution in [0.1, 0.15) is 194 Å². The van der Waals surface area contributed by atoms with Crippen LogP contribution in [0.4, 0.5) is 0 Å². The van der Waals surface area contributed by atoms with E-state index in [1.165, 1.54) is 161 Å². The van der Waals surface area contributed by atoms with Crippen molar-refractivity contribution in [2.24, 2.45) is 5.73 Å². The van der Waals surface area contributed by atoms with Crippen LogP contribution in [0.3, 0.4) is 0 Å². The first kappa shape index (κ1) is 38.8. The van der Waals surface area contributed by atoms with Crippen molar-refractivity contribution in [3.05, 3.63) is 0 Å². The zero-order chi connectivity index (χ0) is 28.7. The third kappa shape index (κ3) is 25.3. The smallest absolute Gasteiger partial charge is 0.0686 e. The minimum atomic E-state index is -0.391. The third-order valence-corrected chi connectivity index (χ3v) is 8.95. The van der Waals surface area contributed by atoms with Crippen molar-refractivity contribution in [2.45, 2.75) is 199 Å². The Bertz CT molecular complexity index is 456. The molecule has 4 heteroatoms. The molecule has 0 spiro atoms. The highest BCUT2D eigenvalue weighted by Gasteiger charge is 2.29. The molecule has 0 heterocycles. The van der Waals surface area contributed by atoms with Crippen molar-refractivity contribution in [3.63, 3.8) is 0 Å². The van der Waals surface area contributed by atoms with Crippen LogP contribution in [0.15, 0.2) is 0 Å². The van der Waals surface area contributed by atoms with Gasteiger partial charge in [0, 0.05) is 13.1 Å². The Morgan fingerprint density at radius 2 is 0.692 bits per heavy atom. The molecule has 0 saturated carbocycles. The van der Waals surface area contributed by atoms with Crippen molar-refractivity contribution in [1.82, 2.24) is 4.90 Å². The summed E-state index contributed by atoms with van der Waals surface area (Å²) in [4.78, 5) is 2.06. The first-order valence-corrected chi connectivity index (χ1v) is 17.9. The summed E-state index contributed by atoms with van der Waals surface area (Å²) in [6.07, 6.45) is 38.6. The largest absolute Gasteiger partial charge is 0.395 e. The molecule has 0 aromatic carbocycles. The Balaban J connectivity index is 3.32. The molecule has 0 aliphatic carbocycles. The van der Waals surface area contributed by atoms with E-state index in [2.05, 4.69) is 18.7 Å². The second-order valence-electron chi connectivity index (χ2n) is 12.5. The molecule has 0 radical (unpaired) electrons. The maximum atomic E-state index is 9.31. The molecule has 0 fully saturated rings. The van der Waals surface area contributed by atoms with Crippen LogP contribution in [-0.4, -0.2) is 47.1 Å².